The largest absolute Gasteiger partial charge is 0.462 e. The summed E-state index contributed by atoms with van der Waals surface area (Å²) in [6, 6.07) is 6.43. The van der Waals surface area contributed by atoms with Crippen LogP contribution in [0.2, 0.25) is 0 Å². The summed E-state index contributed by atoms with van der Waals surface area (Å²) < 4.78 is 20.4. The molecule has 2 aromatic heterocycles. The maximum Gasteiger partial charge on any atom is 0.343 e. The lowest BCUT2D eigenvalue weighted by atomic mass is 9.85. The van der Waals surface area contributed by atoms with Crippen molar-refractivity contribution in [3.8, 4) is 11.3 Å². The van der Waals surface area contributed by atoms with E-state index in [4.69, 9.17) is 4.74 Å². The Hall–Kier alpha value is -2.63. The predicted molar refractivity (Wildman–Crippen MR) is 96.7 cm³/mol. The van der Waals surface area contributed by atoms with Gasteiger partial charge in [0.1, 0.15) is 17.0 Å². The van der Waals surface area contributed by atoms with Gasteiger partial charge in [-0.05, 0) is 44.0 Å². The van der Waals surface area contributed by atoms with Gasteiger partial charge >= 0.3 is 5.97 Å². The highest BCUT2D eigenvalue weighted by atomic mass is 19.1. The van der Waals surface area contributed by atoms with Gasteiger partial charge in [-0.3, -0.25) is 0 Å². The highest BCUT2D eigenvalue weighted by Crippen LogP contribution is 2.38. The van der Waals surface area contributed by atoms with E-state index in [0.717, 1.165) is 29.8 Å². The predicted octanol–water partition coefficient (Wildman–Crippen LogP) is 4.69. The van der Waals surface area contributed by atoms with Crippen molar-refractivity contribution in [2.24, 2.45) is 0 Å². The molecule has 6 heteroatoms. The second-order valence-electron chi connectivity index (χ2n) is 6.77. The van der Waals surface area contributed by atoms with Crippen molar-refractivity contribution in [2.45, 2.75) is 44.9 Å². The van der Waals surface area contributed by atoms with Crippen LogP contribution in [0, 0.1) is 5.82 Å². The molecular weight excluding hydrogens is 333 g/mol. The van der Waals surface area contributed by atoms with E-state index >= 15 is 0 Å². The third-order valence-electron chi connectivity index (χ3n) is 5.12. The number of halogens is 1. The summed E-state index contributed by atoms with van der Waals surface area (Å²) in [7, 11) is 0. The van der Waals surface area contributed by atoms with Gasteiger partial charge in [-0.15, -0.1) is 0 Å². The van der Waals surface area contributed by atoms with Crippen LogP contribution in [-0.4, -0.2) is 27.2 Å². The number of ether oxygens (including phenoxy) is 1. The molecule has 1 fully saturated rings. The third kappa shape index (κ3) is 2.89. The molecule has 2 heterocycles. The van der Waals surface area contributed by atoms with Gasteiger partial charge in [-0.2, -0.15) is 5.10 Å². The SMILES string of the molecule is CCOC(=O)c1cnn2c(C3CCCCC3)c(-c3ccc(F)cc3)[nH]c12. The molecule has 1 aliphatic rings. The Morgan fingerprint density at radius 1 is 1.27 bits per heavy atom. The van der Waals surface area contributed by atoms with E-state index in [-0.39, 0.29) is 11.8 Å². The molecule has 136 valence electrons. The van der Waals surface area contributed by atoms with Crippen LogP contribution in [-0.2, 0) is 4.74 Å². The van der Waals surface area contributed by atoms with Gasteiger partial charge in [0.25, 0.3) is 0 Å². The fraction of sp³-hybridized carbons (Fsp3) is 0.400. The van der Waals surface area contributed by atoms with Crippen LogP contribution in [0.5, 0.6) is 0 Å². The van der Waals surface area contributed by atoms with Crippen molar-refractivity contribution in [1.29, 1.82) is 0 Å². The normalized spacial score (nSPS) is 15.5. The number of aromatic amines is 1. The average molecular weight is 355 g/mol. The molecule has 0 radical (unpaired) electrons. The summed E-state index contributed by atoms with van der Waals surface area (Å²) in [6.45, 7) is 2.10. The second kappa shape index (κ2) is 6.94. The molecule has 3 aromatic rings. The van der Waals surface area contributed by atoms with Crippen molar-refractivity contribution in [1.82, 2.24) is 14.6 Å². The Morgan fingerprint density at radius 2 is 2.00 bits per heavy atom. The molecular formula is C20H22FN3O2. The number of aromatic nitrogens is 3. The number of hydrogen-bond donors (Lipinski definition) is 1. The zero-order valence-electron chi connectivity index (χ0n) is 14.8. The Bertz CT molecular complexity index is 921. The van der Waals surface area contributed by atoms with Gasteiger partial charge in [0.2, 0.25) is 0 Å². The number of hydrogen-bond acceptors (Lipinski definition) is 3. The molecule has 0 saturated heterocycles. The molecule has 1 N–H and O–H groups in total. The van der Waals surface area contributed by atoms with Gasteiger partial charge in [-0.25, -0.2) is 13.7 Å². The Balaban J connectivity index is 1.87. The summed E-state index contributed by atoms with van der Waals surface area (Å²) in [5, 5.41) is 4.47. The first-order valence-corrected chi connectivity index (χ1v) is 9.21. The van der Waals surface area contributed by atoms with Crippen LogP contribution >= 0.6 is 0 Å². The number of imidazole rings is 1. The summed E-state index contributed by atoms with van der Waals surface area (Å²) in [5.74, 6) is -0.284. The van der Waals surface area contributed by atoms with Crippen LogP contribution in [0.3, 0.4) is 0 Å². The van der Waals surface area contributed by atoms with Crippen LogP contribution in [0.25, 0.3) is 16.9 Å². The highest BCUT2D eigenvalue weighted by Gasteiger charge is 2.27. The van der Waals surface area contributed by atoms with Crippen molar-refractivity contribution in [2.75, 3.05) is 6.61 Å². The number of carbonyl (C=O) groups excluding carboxylic acids is 1. The first-order chi connectivity index (χ1) is 12.7. The molecule has 0 unspecified atom stereocenters. The molecule has 0 aliphatic heterocycles. The van der Waals surface area contributed by atoms with E-state index in [1.807, 2.05) is 4.52 Å². The number of carbonyl (C=O) groups is 1. The van der Waals surface area contributed by atoms with Gasteiger partial charge < -0.3 is 9.72 Å². The fourth-order valence-electron chi connectivity index (χ4n) is 3.89. The lowest BCUT2D eigenvalue weighted by Gasteiger charge is -2.22. The Labute approximate surface area is 151 Å². The van der Waals surface area contributed by atoms with E-state index in [1.54, 1.807) is 25.3 Å². The van der Waals surface area contributed by atoms with E-state index in [0.29, 0.717) is 23.7 Å². The standard InChI is InChI=1S/C20H22FN3O2/c1-2-26-20(25)16-12-22-24-18(14-6-4-3-5-7-14)17(23-19(16)24)13-8-10-15(21)11-9-13/h8-12,14,23H,2-7H2,1H3. The molecule has 1 saturated carbocycles. The minimum Gasteiger partial charge on any atom is -0.462 e. The molecule has 0 atom stereocenters. The van der Waals surface area contributed by atoms with Gasteiger partial charge in [0.05, 0.1) is 24.2 Å². The zero-order chi connectivity index (χ0) is 18.1. The summed E-state index contributed by atoms with van der Waals surface area (Å²) in [6.07, 6.45) is 7.37. The first kappa shape index (κ1) is 16.8. The third-order valence-corrected chi connectivity index (χ3v) is 5.12. The maximum absolute atomic E-state index is 13.4. The number of nitrogens with zero attached hydrogens (tertiary/aromatic N) is 2. The monoisotopic (exact) mass is 355 g/mol. The van der Waals surface area contributed by atoms with E-state index in [2.05, 4.69) is 10.1 Å². The van der Waals surface area contributed by atoms with Crippen molar-refractivity contribution >= 4 is 11.6 Å². The minimum atomic E-state index is -0.385. The van der Waals surface area contributed by atoms with Crippen molar-refractivity contribution in [3.05, 3.63) is 47.5 Å². The van der Waals surface area contributed by atoms with Gasteiger partial charge in [0.15, 0.2) is 0 Å². The lowest BCUT2D eigenvalue weighted by Crippen LogP contribution is -2.09. The van der Waals surface area contributed by atoms with E-state index in [9.17, 15) is 9.18 Å². The molecule has 5 nitrogen and oxygen atoms in total. The van der Waals surface area contributed by atoms with Gasteiger partial charge in [0, 0.05) is 11.5 Å². The number of rotatable bonds is 4. The molecule has 26 heavy (non-hydrogen) atoms. The average Bonchev–Trinajstić information content (AvgIpc) is 3.22. The second-order valence-corrected chi connectivity index (χ2v) is 6.77. The Kier molecular flexibility index (Phi) is 4.49. The highest BCUT2D eigenvalue weighted by molar-refractivity contribution is 5.96. The van der Waals surface area contributed by atoms with Crippen molar-refractivity contribution < 1.29 is 13.9 Å². The Morgan fingerprint density at radius 3 is 2.69 bits per heavy atom. The molecule has 0 bridgehead atoms. The topological polar surface area (TPSA) is 59.4 Å². The number of esters is 1. The zero-order valence-corrected chi connectivity index (χ0v) is 14.8. The number of benzene rings is 1. The number of nitrogens with one attached hydrogen (secondary N) is 1. The molecule has 1 aromatic carbocycles. The number of H-pyrrole nitrogens is 1. The maximum atomic E-state index is 13.4. The summed E-state index contributed by atoms with van der Waals surface area (Å²) in [5.41, 5.74) is 3.94. The quantitative estimate of drug-likeness (QED) is 0.691. The fourth-order valence-corrected chi connectivity index (χ4v) is 3.89. The molecule has 1 aliphatic carbocycles. The molecule has 0 spiro atoms. The lowest BCUT2D eigenvalue weighted by molar-refractivity contribution is 0.0528. The van der Waals surface area contributed by atoms with Crippen LogP contribution < -0.4 is 0 Å². The van der Waals surface area contributed by atoms with E-state index < -0.39 is 0 Å². The van der Waals surface area contributed by atoms with Crippen LogP contribution in [0.1, 0.15) is 61.0 Å². The first-order valence-electron chi connectivity index (χ1n) is 9.21. The number of fused-ring (bicyclic) bond motifs is 1. The van der Waals surface area contributed by atoms with Gasteiger partial charge in [-0.1, -0.05) is 19.3 Å². The minimum absolute atomic E-state index is 0.267. The van der Waals surface area contributed by atoms with Crippen LogP contribution in [0.4, 0.5) is 4.39 Å². The van der Waals surface area contributed by atoms with E-state index in [1.165, 1.54) is 31.4 Å². The summed E-state index contributed by atoms with van der Waals surface area (Å²) in [4.78, 5) is 15.6. The smallest absolute Gasteiger partial charge is 0.343 e. The molecule has 4 rings (SSSR count). The van der Waals surface area contributed by atoms with Crippen LogP contribution in [0.15, 0.2) is 30.5 Å². The molecule has 0 amide bonds. The van der Waals surface area contributed by atoms with Crippen molar-refractivity contribution in [3.63, 3.8) is 0 Å². The summed E-state index contributed by atoms with van der Waals surface area (Å²) >= 11 is 0.